The molecule has 0 aliphatic carbocycles. The van der Waals surface area contributed by atoms with E-state index in [2.05, 4.69) is 20.5 Å². The van der Waals surface area contributed by atoms with Crippen LogP contribution in [0.5, 0.6) is 5.75 Å². The smallest absolute Gasteiger partial charge is 0.214 e. The van der Waals surface area contributed by atoms with Gasteiger partial charge in [-0.05, 0) is 34.7 Å². The van der Waals surface area contributed by atoms with E-state index in [0.29, 0.717) is 10.9 Å². The fourth-order valence-corrected chi connectivity index (χ4v) is 3.19. The number of hydrogen-bond acceptors (Lipinski definition) is 6. The van der Waals surface area contributed by atoms with Crippen molar-refractivity contribution in [3.05, 3.63) is 60.6 Å². The zero-order chi connectivity index (χ0) is 16.4. The van der Waals surface area contributed by atoms with Crippen molar-refractivity contribution in [2.45, 2.75) is 10.9 Å². The molecule has 0 fully saturated rings. The summed E-state index contributed by atoms with van der Waals surface area (Å²) in [6.07, 6.45) is 4.00. The molecule has 3 aromatic heterocycles. The number of fused-ring (bicyclic) bond motifs is 1. The number of ether oxygens (including phenoxy) is 1. The molecule has 0 aliphatic rings. The number of hydrogen-bond donors (Lipinski definition) is 0. The van der Waals surface area contributed by atoms with Crippen LogP contribution in [0.2, 0.25) is 0 Å². The zero-order valence-electron chi connectivity index (χ0n) is 12.9. The predicted molar refractivity (Wildman–Crippen MR) is 90.5 cm³/mol. The van der Waals surface area contributed by atoms with E-state index in [1.165, 1.54) is 11.8 Å². The molecule has 0 atom stereocenters. The lowest BCUT2D eigenvalue weighted by Gasteiger charge is -2.08. The van der Waals surface area contributed by atoms with Gasteiger partial charge in [0.05, 0.1) is 12.8 Å². The van der Waals surface area contributed by atoms with Crippen LogP contribution < -0.4 is 4.74 Å². The van der Waals surface area contributed by atoms with Gasteiger partial charge in [-0.1, -0.05) is 30.0 Å². The summed E-state index contributed by atoms with van der Waals surface area (Å²) in [5.74, 6) is 1.40. The average Bonchev–Trinajstić information content (AvgIpc) is 3.26. The summed E-state index contributed by atoms with van der Waals surface area (Å²) in [7, 11) is 1.63. The molecule has 4 aromatic rings. The third-order valence-corrected chi connectivity index (χ3v) is 4.47. The normalized spacial score (nSPS) is 11.0. The minimum atomic E-state index is 0.678. The number of nitrogens with zero attached hydrogens (tertiary/aromatic N) is 6. The Labute approximate surface area is 142 Å². The van der Waals surface area contributed by atoms with E-state index in [0.717, 1.165) is 22.8 Å². The number of pyridine rings is 1. The second kappa shape index (κ2) is 6.32. The number of para-hydroxylation sites is 2. The number of thioether (sulfide) groups is 1. The van der Waals surface area contributed by atoms with Gasteiger partial charge >= 0.3 is 0 Å². The number of methoxy groups -OCH3 is 1. The van der Waals surface area contributed by atoms with Crippen LogP contribution in [0.4, 0.5) is 0 Å². The Morgan fingerprint density at radius 3 is 2.88 bits per heavy atom. The Morgan fingerprint density at radius 2 is 2.00 bits per heavy atom. The largest absolute Gasteiger partial charge is 0.494 e. The maximum absolute atomic E-state index is 5.39. The van der Waals surface area contributed by atoms with Crippen molar-refractivity contribution in [2.75, 3.05) is 7.11 Å². The highest BCUT2D eigenvalue weighted by Crippen LogP contribution is 2.27. The SMILES string of the molecule is COc1ccccc1-n1nnnc1SCc1cn2ccccc2n1. The molecule has 120 valence electrons. The van der Waals surface area contributed by atoms with E-state index in [9.17, 15) is 0 Å². The van der Waals surface area contributed by atoms with E-state index in [1.807, 2.05) is 59.3 Å². The van der Waals surface area contributed by atoms with Crippen LogP contribution in [-0.2, 0) is 5.75 Å². The summed E-state index contributed by atoms with van der Waals surface area (Å²) in [5, 5.41) is 12.7. The molecule has 0 unspecified atom stereocenters. The molecular weight excluding hydrogens is 324 g/mol. The van der Waals surface area contributed by atoms with Crippen molar-refractivity contribution >= 4 is 17.4 Å². The molecule has 24 heavy (non-hydrogen) atoms. The van der Waals surface area contributed by atoms with Crippen molar-refractivity contribution < 1.29 is 4.74 Å². The van der Waals surface area contributed by atoms with Crippen molar-refractivity contribution in [2.24, 2.45) is 0 Å². The summed E-state index contributed by atoms with van der Waals surface area (Å²) in [6.45, 7) is 0. The predicted octanol–water partition coefficient (Wildman–Crippen LogP) is 2.61. The third-order valence-electron chi connectivity index (χ3n) is 3.52. The van der Waals surface area contributed by atoms with Crippen LogP contribution in [-0.4, -0.2) is 36.7 Å². The molecule has 0 radical (unpaired) electrons. The van der Waals surface area contributed by atoms with Crippen molar-refractivity contribution in [3.63, 3.8) is 0 Å². The molecule has 0 bridgehead atoms. The van der Waals surface area contributed by atoms with Gasteiger partial charge < -0.3 is 9.14 Å². The molecule has 0 aliphatic heterocycles. The second-order valence-electron chi connectivity index (χ2n) is 5.03. The molecular formula is C16H14N6OS. The minimum Gasteiger partial charge on any atom is -0.494 e. The molecule has 8 heteroatoms. The first-order chi connectivity index (χ1) is 11.8. The van der Waals surface area contributed by atoms with Gasteiger partial charge in [0, 0.05) is 18.1 Å². The first-order valence-electron chi connectivity index (χ1n) is 7.32. The Balaban J connectivity index is 1.59. The number of aromatic nitrogens is 6. The first-order valence-corrected chi connectivity index (χ1v) is 8.31. The lowest BCUT2D eigenvalue weighted by Crippen LogP contribution is -2.01. The topological polar surface area (TPSA) is 70.1 Å². The summed E-state index contributed by atoms with van der Waals surface area (Å²) >= 11 is 1.53. The molecule has 3 heterocycles. The van der Waals surface area contributed by atoms with Gasteiger partial charge in [0.1, 0.15) is 17.1 Å². The highest BCUT2D eigenvalue weighted by molar-refractivity contribution is 7.98. The molecule has 7 nitrogen and oxygen atoms in total. The summed E-state index contributed by atoms with van der Waals surface area (Å²) in [6, 6.07) is 13.6. The van der Waals surface area contributed by atoms with Gasteiger partial charge in [0.2, 0.25) is 5.16 Å². The Morgan fingerprint density at radius 1 is 1.12 bits per heavy atom. The van der Waals surface area contributed by atoms with E-state index >= 15 is 0 Å². The van der Waals surface area contributed by atoms with Crippen LogP contribution >= 0.6 is 11.8 Å². The molecule has 4 rings (SSSR count). The Hall–Kier alpha value is -2.87. The standard InChI is InChI=1S/C16H14N6OS/c1-23-14-7-3-2-6-13(14)22-16(18-19-20-22)24-11-12-10-21-9-5-4-8-15(21)17-12/h2-10H,11H2,1H3. The van der Waals surface area contributed by atoms with Crippen LogP contribution in [0.3, 0.4) is 0 Å². The van der Waals surface area contributed by atoms with Gasteiger partial charge in [-0.15, -0.1) is 5.10 Å². The lowest BCUT2D eigenvalue weighted by molar-refractivity contribution is 0.410. The third kappa shape index (κ3) is 2.71. The van der Waals surface area contributed by atoms with E-state index in [1.54, 1.807) is 11.8 Å². The van der Waals surface area contributed by atoms with Crippen LogP contribution in [0.25, 0.3) is 11.3 Å². The highest BCUT2D eigenvalue weighted by Gasteiger charge is 2.13. The second-order valence-corrected chi connectivity index (χ2v) is 5.97. The molecule has 0 saturated heterocycles. The molecule has 0 spiro atoms. The molecule has 0 saturated carbocycles. The monoisotopic (exact) mass is 338 g/mol. The van der Waals surface area contributed by atoms with Gasteiger partial charge in [-0.3, -0.25) is 0 Å². The van der Waals surface area contributed by atoms with Crippen LogP contribution in [0, 0.1) is 0 Å². The quantitative estimate of drug-likeness (QED) is 0.521. The first kappa shape index (κ1) is 14.7. The summed E-state index contributed by atoms with van der Waals surface area (Å²) in [4.78, 5) is 4.59. The van der Waals surface area contributed by atoms with Crippen LogP contribution in [0.15, 0.2) is 60.0 Å². The van der Waals surface area contributed by atoms with Gasteiger partial charge in [-0.25, -0.2) is 4.98 Å². The number of imidazole rings is 1. The van der Waals surface area contributed by atoms with E-state index < -0.39 is 0 Å². The Bertz CT molecular complexity index is 946. The van der Waals surface area contributed by atoms with Crippen molar-refractivity contribution in [1.29, 1.82) is 0 Å². The van der Waals surface area contributed by atoms with Crippen molar-refractivity contribution in [3.8, 4) is 11.4 Å². The average molecular weight is 338 g/mol. The van der Waals surface area contributed by atoms with E-state index in [4.69, 9.17) is 4.74 Å². The fraction of sp³-hybridized carbons (Fsp3) is 0.125. The highest BCUT2D eigenvalue weighted by atomic mass is 32.2. The summed E-state index contributed by atoms with van der Waals surface area (Å²) in [5.41, 5.74) is 2.71. The Kier molecular flexibility index (Phi) is 3.87. The fourth-order valence-electron chi connectivity index (χ4n) is 2.42. The maximum Gasteiger partial charge on any atom is 0.214 e. The zero-order valence-corrected chi connectivity index (χ0v) is 13.7. The number of tetrazole rings is 1. The maximum atomic E-state index is 5.39. The molecule has 0 N–H and O–H groups in total. The lowest BCUT2D eigenvalue weighted by atomic mass is 10.3. The number of benzene rings is 1. The molecule has 0 amide bonds. The van der Waals surface area contributed by atoms with Gasteiger partial charge in [0.15, 0.2) is 0 Å². The van der Waals surface area contributed by atoms with Gasteiger partial charge in [0.25, 0.3) is 0 Å². The van der Waals surface area contributed by atoms with Crippen molar-refractivity contribution in [1.82, 2.24) is 29.6 Å². The molecule has 1 aromatic carbocycles. The van der Waals surface area contributed by atoms with Gasteiger partial charge in [-0.2, -0.15) is 4.68 Å². The van der Waals surface area contributed by atoms with E-state index in [-0.39, 0.29) is 0 Å². The number of rotatable bonds is 5. The summed E-state index contributed by atoms with van der Waals surface area (Å²) < 4.78 is 9.06. The van der Waals surface area contributed by atoms with Crippen LogP contribution in [0.1, 0.15) is 5.69 Å². The minimum absolute atomic E-state index is 0.678.